The van der Waals surface area contributed by atoms with Gasteiger partial charge < -0.3 is 18.1 Å². The number of nitriles is 3. The number of nitrogens with zero attached hydrogens (tertiary/aromatic N) is 15. The maximum Gasteiger partial charge on any atom is 0.164 e. The summed E-state index contributed by atoms with van der Waals surface area (Å²) in [6, 6.07) is 148. The SMILES string of the molecule is N#Cc1ccc(-c2nc(-c3ccccc3)nc(-c3ccc(-n4c5ccccc5c5ccc6c7ccccc7sc6c54)cc3)n2)cc1.N#Cc1ccc(-c2nc(-c3ccccc3)nc(-c3cccc(-n4c5ccccc5c5ccc6c7ccccc7sc6c54)c3)n2)cc1.N#Cc1cccc(-c2nc(-c3ccccc3)nc(-c3ccc(-n4c5ccccc5c5ccc6c7ccccc7oc6c54)cc3)n2)c1. The van der Waals surface area contributed by atoms with Crippen LogP contribution in [0.5, 0.6) is 0 Å². The summed E-state index contributed by atoms with van der Waals surface area (Å²) in [4.78, 5) is 44.0. The number of hydrogen-bond donors (Lipinski definition) is 0. The van der Waals surface area contributed by atoms with Crippen LogP contribution < -0.4 is 0 Å². The molecule has 0 N–H and O–H groups in total. The highest BCUT2D eigenvalue weighted by Gasteiger charge is 2.26. The van der Waals surface area contributed by atoms with Crippen molar-refractivity contribution in [3.8, 4) is 138 Å². The molecule has 0 unspecified atom stereocenters. The molecule has 642 valence electrons. The number of thiophene rings is 2. The van der Waals surface area contributed by atoms with Gasteiger partial charge in [-0.05, 0) is 164 Å². The predicted octanol–water partition coefficient (Wildman–Crippen LogP) is 30.2. The van der Waals surface area contributed by atoms with Crippen LogP contribution in [0, 0.1) is 34.0 Å². The monoisotopic (exact) mass is 1800 g/mol. The van der Waals surface area contributed by atoms with Crippen LogP contribution in [0.1, 0.15) is 16.7 Å². The summed E-state index contributed by atoms with van der Waals surface area (Å²) >= 11 is 3.69. The second kappa shape index (κ2) is 34.0. The second-order valence-electron chi connectivity index (χ2n) is 33.6. The van der Waals surface area contributed by atoms with Gasteiger partial charge in [0, 0.05) is 141 Å². The minimum atomic E-state index is 0.514. The standard InChI is InChI=1S/C40H23N5O.2C40H23N5S/c41-24-25-9-8-12-28(23-25)40-43-38(26-10-2-1-3-11-26)42-39(44-40)27-17-19-29(20-18-27)45-34-15-6-4-13-30(34)32-21-22-33-31-14-5-7-16-35(31)46-37(33)36(32)45;41-24-25-17-19-27(20-18-25)39-42-38(26-9-2-1-3-10-26)43-40(44-39)28-11-8-12-29(23-28)45-34-15-6-4-13-30(34)32-21-22-33-31-14-5-7-16-35(31)46-37(33)36(32)45;41-24-25-14-16-27(17-15-25)39-42-38(26-8-2-1-3-9-26)43-40(44-39)28-18-20-29(21-19-28)45-34-12-6-4-10-30(34)32-22-23-33-31-11-5-7-13-35(31)46-37(33)36(32)45/h3*1-23H. The van der Waals surface area contributed by atoms with Crippen molar-refractivity contribution in [2.45, 2.75) is 0 Å². The molecule has 18 heteroatoms. The molecule has 0 saturated carbocycles. The molecule has 9 heterocycles. The highest BCUT2D eigenvalue weighted by atomic mass is 32.1. The van der Waals surface area contributed by atoms with Crippen LogP contribution in [-0.4, -0.2) is 58.6 Å². The molecule has 0 amide bonds. The van der Waals surface area contributed by atoms with Gasteiger partial charge in [0.15, 0.2) is 58.0 Å². The molecule has 16 nitrogen and oxygen atoms in total. The van der Waals surface area contributed by atoms with Crippen molar-refractivity contribution in [2.24, 2.45) is 0 Å². The van der Waals surface area contributed by atoms with E-state index in [1.807, 2.05) is 180 Å². The third-order valence-corrected chi connectivity index (χ3v) is 27.9. The van der Waals surface area contributed by atoms with E-state index in [1.165, 1.54) is 78.4 Å². The number of aromatic nitrogens is 12. The Morgan fingerprint density at radius 2 is 0.500 bits per heavy atom. The molecule has 0 fully saturated rings. The van der Waals surface area contributed by atoms with E-state index >= 15 is 0 Å². The van der Waals surface area contributed by atoms with Crippen LogP contribution in [0.3, 0.4) is 0 Å². The largest absolute Gasteiger partial charge is 0.454 e. The van der Waals surface area contributed by atoms with Crippen molar-refractivity contribution in [2.75, 3.05) is 0 Å². The van der Waals surface area contributed by atoms with Crippen molar-refractivity contribution in [3.63, 3.8) is 0 Å². The van der Waals surface area contributed by atoms with Crippen LogP contribution in [0.4, 0.5) is 0 Å². The molecular formula is C120H69N15OS2. The first-order valence-electron chi connectivity index (χ1n) is 45.0. The van der Waals surface area contributed by atoms with Crippen LogP contribution in [0.2, 0.25) is 0 Å². The molecule has 0 spiro atoms. The van der Waals surface area contributed by atoms with Gasteiger partial charge in [-0.15, -0.1) is 22.7 Å². The molecule has 9 aromatic heterocycles. The average Bonchev–Trinajstić information content (AvgIpc) is 1.57. The lowest BCUT2D eigenvalue weighted by Crippen LogP contribution is -2.01. The van der Waals surface area contributed by atoms with Gasteiger partial charge in [0.2, 0.25) is 0 Å². The summed E-state index contributed by atoms with van der Waals surface area (Å²) < 4.78 is 18.7. The van der Waals surface area contributed by atoms with E-state index < -0.39 is 0 Å². The lowest BCUT2D eigenvalue weighted by Gasteiger charge is -2.12. The van der Waals surface area contributed by atoms with Crippen molar-refractivity contribution < 1.29 is 4.42 Å². The Morgan fingerprint density at radius 3 is 0.913 bits per heavy atom. The summed E-state index contributed by atoms with van der Waals surface area (Å²) in [6.45, 7) is 0. The minimum Gasteiger partial charge on any atom is -0.454 e. The fraction of sp³-hybridized carbons (Fsp3) is 0. The van der Waals surface area contributed by atoms with Crippen molar-refractivity contribution in [3.05, 3.63) is 435 Å². The first-order chi connectivity index (χ1) is 68.2. The molecule has 0 aliphatic carbocycles. The molecule has 138 heavy (non-hydrogen) atoms. The topological polar surface area (TPSA) is 215 Å². The van der Waals surface area contributed by atoms with Crippen molar-refractivity contribution in [1.82, 2.24) is 58.6 Å². The molecule has 0 aliphatic heterocycles. The molecule has 0 saturated heterocycles. The van der Waals surface area contributed by atoms with E-state index in [2.05, 4.69) is 256 Å². The summed E-state index contributed by atoms with van der Waals surface area (Å²) in [5.41, 5.74) is 21.2. The molecular weight excluding hydrogens is 1730 g/mol. The van der Waals surface area contributed by atoms with E-state index in [1.54, 1.807) is 36.4 Å². The lowest BCUT2D eigenvalue weighted by atomic mass is 10.1. The Hall–Kier alpha value is -18.9. The Bertz CT molecular complexity index is 9690. The minimum absolute atomic E-state index is 0.514. The first kappa shape index (κ1) is 81.1. The lowest BCUT2D eigenvalue weighted by molar-refractivity contribution is 0.671. The van der Waals surface area contributed by atoms with Crippen LogP contribution >= 0.6 is 22.7 Å². The van der Waals surface area contributed by atoms with E-state index in [0.717, 1.165) is 116 Å². The summed E-state index contributed by atoms with van der Waals surface area (Å²) in [7, 11) is 0. The zero-order chi connectivity index (χ0) is 91.8. The maximum atomic E-state index is 9.49. The van der Waals surface area contributed by atoms with E-state index in [4.69, 9.17) is 49.3 Å². The Balaban J connectivity index is 0.000000110. The van der Waals surface area contributed by atoms with Gasteiger partial charge >= 0.3 is 0 Å². The maximum absolute atomic E-state index is 9.49. The quantitative estimate of drug-likeness (QED) is 0.111. The van der Waals surface area contributed by atoms with Crippen LogP contribution in [0.25, 0.3) is 247 Å². The molecule has 18 aromatic carbocycles. The van der Waals surface area contributed by atoms with Crippen LogP contribution in [-0.2, 0) is 0 Å². The number of fused-ring (bicyclic) bond motifs is 21. The second-order valence-corrected chi connectivity index (χ2v) is 35.7. The van der Waals surface area contributed by atoms with Gasteiger partial charge in [0.25, 0.3) is 0 Å². The molecule has 0 aliphatic rings. The third kappa shape index (κ3) is 14.3. The van der Waals surface area contributed by atoms with Gasteiger partial charge in [0.05, 0.1) is 77.4 Å². The van der Waals surface area contributed by atoms with Crippen molar-refractivity contribution >= 4 is 150 Å². The Labute approximate surface area is 796 Å². The fourth-order valence-electron chi connectivity index (χ4n) is 19.0. The van der Waals surface area contributed by atoms with Crippen LogP contribution in [0.15, 0.2) is 423 Å². The summed E-state index contributed by atoms with van der Waals surface area (Å²) in [5, 5.41) is 42.7. The van der Waals surface area contributed by atoms with Gasteiger partial charge in [-0.2, -0.15) is 15.8 Å². The number of benzene rings is 18. The third-order valence-electron chi connectivity index (χ3n) is 25.5. The number of hydrogen-bond acceptors (Lipinski definition) is 15. The molecule has 0 bridgehead atoms. The molecule has 0 atom stereocenters. The van der Waals surface area contributed by atoms with Gasteiger partial charge in [-0.1, -0.05) is 255 Å². The van der Waals surface area contributed by atoms with Gasteiger partial charge in [0.1, 0.15) is 5.58 Å². The fourth-order valence-corrected chi connectivity index (χ4v) is 21.4. The van der Waals surface area contributed by atoms with Gasteiger partial charge in [-0.25, -0.2) is 44.9 Å². The summed E-state index contributed by atoms with van der Waals surface area (Å²) in [5.74, 6) is 5.13. The Morgan fingerprint density at radius 1 is 0.203 bits per heavy atom. The average molecular weight is 1800 g/mol. The van der Waals surface area contributed by atoms with E-state index in [-0.39, 0.29) is 0 Å². The zero-order valence-corrected chi connectivity index (χ0v) is 74.9. The van der Waals surface area contributed by atoms with Gasteiger partial charge in [-0.3, -0.25) is 0 Å². The number of rotatable bonds is 12. The predicted molar refractivity (Wildman–Crippen MR) is 559 cm³/mol. The zero-order valence-electron chi connectivity index (χ0n) is 73.3. The van der Waals surface area contributed by atoms with E-state index in [9.17, 15) is 15.8 Å². The summed E-state index contributed by atoms with van der Waals surface area (Å²) in [6.07, 6.45) is 0. The normalized spacial score (nSPS) is 11.5. The molecule has 27 rings (SSSR count). The highest BCUT2D eigenvalue weighted by Crippen LogP contribution is 2.48. The van der Waals surface area contributed by atoms with E-state index in [0.29, 0.717) is 69.1 Å². The van der Waals surface area contributed by atoms with Crippen molar-refractivity contribution in [1.29, 1.82) is 15.8 Å². The Kier molecular flexibility index (Phi) is 20.0. The first-order valence-corrected chi connectivity index (χ1v) is 46.7. The smallest absolute Gasteiger partial charge is 0.164 e. The highest BCUT2D eigenvalue weighted by molar-refractivity contribution is 7.27. The number of furan rings is 1. The molecule has 27 aromatic rings. The number of para-hydroxylation sites is 4. The molecule has 0 radical (unpaired) electrons.